The van der Waals surface area contributed by atoms with Crippen LogP contribution in [0.1, 0.15) is 5.76 Å². The molecular weight excluding hydrogens is 232 g/mol. The molecule has 16 heavy (non-hydrogen) atoms. The molecule has 2 rings (SSSR count). The maximum Gasteiger partial charge on any atom is 0.276 e. The maximum absolute atomic E-state index is 12.1. The summed E-state index contributed by atoms with van der Waals surface area (Å²) in [7, 11) is -3.52. The molecule has 0 unspecified atom stereocenters. The first-order valence-electron chi connectivity index (χ1n) is 5.01. The van der Waals surface area contributed by atoms with Gasteiger partial charge in [-0.25, -0.2) is 8.42 Å². The van der Waals surface area contributed by atoms with Gasteiger partial charge in [0.05, 0.1) is 19.8 Å². The van der Waals surface area contributed by atoms with Crippen molar-refractivity contribution < 1.29 is 17.6 Å². The number of sulfonamides is 1. The van der Waals surface area contributed by atoms with E-state index in [-0.39, 0.29) is 11.6 Å². The Morgan fingerprint density at radius 1 is 1.31 bits per heavy atom. The number of morpholine rings is 1. The second-order valence-electron chi connectivity index (χ2n) is 3.44. The minimum absolute atomic E-state index is 0.0464. The van der Waals surface area contributed by atoms with E-state index in [0.717, 1.165) is 0 Å². The van der Waals surface area contributed by atoms with Crippen LogP contribution >= 0.6 is 0 Å². The molecule has 0 saturated carbocycles. The molecule has 1 aliphatic heterocycles. The molecule has 0 aromatic carbocycles. The summed E-state index contributed by atoms with van der Waals surface area (Å²) in [6.45, 7) is 1.76. The van der Waals surface area contributed by atoms with Crippen LogP contribution in [-0.2, 0) is 21.3 Å². The lowest BCUT2D eigenvalue weighted by molar-refractivity contribution is 0.0723. The molecule has 0 aliphatic carbocycles. The zero-order valence-electron chi connectivity index (χ0n) is 8.76. The number of hydrogen-bond acceptors (Lipinski definition) is 5. The average Bonchev–Trinajstić information content (AvgIpc) is 2.79. The van der Waals surface area contributed by atoms with Gasteiger partial charge in [0.2, 0.25) is 5.09 Å². The van der Waals surface area contributed by atoms with Gasteiger partial charge < -0.3 is 14.9 Å². The molecule has 0 bridgehead atoms. The Morgan fingerprint density at radius 3 is 2.56 bits per heavy atom. The van der Waals surface area contributed by atoms with Gasteiger partial charge in [-0.15, -0.1) is 0 Å². The summed E-state index contributed by atoms with van der Waals surface area (Å²) in [5.74, 6) is 0.465. The summed E-state index contributed by atoms with van der Waals surface area (Å²) in [5, 5.41) is -0.0464. The summed E-state index contributed by atoms with van der Waals surface area (Å²) in [4.78, 5) is 0. The smallest absolute Gasteiger partial charge is 0.276 e. The van der Waals surface area contributed by atoms with E-state index in [1.807, 2.05) is 0 Å². The Bertz CT molecular complexity index is 448. The van der Waals surface area contributed by atoms with Crippen LogP contribution in [0.15, 0.2) is 21.6 Å². The molecule has 90 valence electrons. The molecule has 1 aromatic rings. The highest BCUT2D eigenvalue weighted by molar-refractivity contribution is 7.89. The van der Waals surface area contributed by atoms with Crippen molar-refractivity contribution in [1.29, 1.82) is 0 Å². The lowest BCUT2D eigenvalue weighted by Crippen LogP contribution is -2.40. The molecule has 1 aromatic heterocycles. The Hall–Kier alpha value is -0.890. The first-order chi connectivity index (χ1) is 7.64. The van der Waals surface area contributed by atoms with Gasteiger partial charge in [0.1, 0.15) is 5.76 Å². The van der Waals surface area contributed by atoms with Crippen molar-refractivity contribution in [2.45, 2.75) is 11.6 Å². The molecule has 0 spiro atoms. The molecule has 0 atom stereocenters. The van der Waals surface area contributed by atoms with Gasteiger partial charge in [-0.05, 0) is 12.1 Å². The number of nitrogens with zero attached hydrogens (tertiary/aromatic N) is 1. The van der Waals surface area contributed by atoms with Crippen molar-refractivity contribution in [3.63, 3.8) is 0 Å². The van der Waals surface area contributed by atoms with Gasteiger partial charge >= 0.3 is 0 Å². The van der Waals surface area contributed by atoms with Gasteiger partial charge in [-0.2, -0.15) is 4.31 Å². The molecule has 7 heteroatoms. The van der Waals surface area contributed by atoms with Crippen LogP contribution < -0.4 is 5.73 Å². The van der Waals surface area contributed by atoms with Gasteiger partial charge in [-0.1, -0.05) is 0 Å². The molecule has 2 heterocycles. The molecule has 0 amide bonds. The Labute approximate surface area is 94.0 Å². The molecule has 6 nitrogen and oxygen atoms in total. The summed E-state index contributed by atoms with van der Waals surface area (Å²) in [5.41, 5.74) is 5.36. The summed E-state index contributed by atoms with van der Waals surface area (Å²) >= 11 is 0. The zero-order valence-corrected chi connectivity index (χ0v) is 9.57. The molecule has 1 fully saturated rings. The number of nitrogens with two attached hydrogens (primary N) is 1. The van der Waals surface area contributed by atoms with Crippen molar-refractivity contribution in [2.75, 3.05) is 26.3 Å². The minimum Gasteiger partial charge on any atom is -0.447 e. The van der Waals surface area contributed by atoms with Crippen molar-refractivity contribution in [3.8, 4) is 0 Å². The highest BCUT2D eigenvalue weighted by Gasteiger charge is 2.28. The van der Waals surface area contributed by atoms with Crippen LogP contribution in [0.2, 0.25) is 0 Å². The number of rotatable bonds is 3. The fourth-order valence-corrected chi connectivity index (χ4v) is 2.86. The van der Waals surface area contributed by atoms with E-state index in [4.69, 9.17) is 14.9 Å². The van der Waals surface area contributed by atoms with Crippen molar-refractivity contribution in [2.24, 2.45) is 5.73 Å². The molecule has 2 N–H and O–H groups in total. The molecule has 1 aliphatic rings. The van der Waals surface area contributed by atoms with E-state index < -0.39 is 10.0 Å². The van der Waals surface area contributed by atoms with Crippen molar-refractivity contribution >= 4 is 10.0 Å². The summed E-state index contributed by atoms with van der Waals surface area (Å²) < 4.78 is 35.7. The summed E-state index contributed by atoms with van der Waals surface area (Å²) in [6, 6.07) is 3.01. The van der Waals surface area contributed by atoms with Crippen LogP contribution in [0.3, 0.4) is 0 Å². The quantitative estimate of drug-likeness (QED) is 0.795. The lowest BCUT2D eigenvalue weighted by atomic mass is 10.5. The van der Waals surface area contributed by atoms with Crippen LogP contribution in [0.4, 0.5) is 0 Å². The Morgan fingerprint density at radius 2 is 2.00 bits per heavy atom. The van der Waals surface area contributed by atoms with E-state index in [2.05, 4.69) is 0 Å². The average molecular weight is 246 g/mol. The monoisotopic (exact) mass is 246 g/mol. The second kappa shape index (κ2) is 4.54. The Balaban J connectivity index is 2.23. The Kier molecular flexibility index (Phi) is 3.29. The van der Waals surface area contributed by atoms with Crippen LogP contribution in [0.25, 0.3) is 0 Å². The number of furan rings is 1. The highest BCUT2D eigenvalue weighted by atomic mass is 32.2. The van der Waals surface area contributed by atoms with E-state index in [1.54, 1.807) is 6.07 Å². The fourth-order valence-electron chi connectivity index (χ4n) is 1.52. The largest absolute Gasteiger partial charge is 0.447 e. The standard InChI is InChI=1S/C9H14N2O4S/c10-7-8-1-2-9(15-8)16(12,13)11-3-5-14-6-4-11/h1-2H,3-7,10H2. The van der Waals surface area contributed by atoms with Gasteiger partial charge in [0, 0.05) is 13.1 Å². The third-order valence-electron chi connectivity index (χ3n) is 2.40. The fraction of sp³-hybridized carbons (Fsp3) is 0.556. The molecular formula is C9H14N2O4S. The van der Waals surface area contributed by atoms with Gasteiger partial charge in [0.15, 0.2) is 0 Å². The first-order valence-corrected chi connectivity index (χ1v) is 6.45. The first kappa shape index (κ1) is 11.6. The predicted octanol–water partition coefficient (Wildman–Crippen LogP) is -0.241. The van der Waals surface area contributed by atoms with Crippen LogP contribution in [0, 0.1) is 0 Å². The third-order valence-corrected chi connectivity index (χ3v) is 4.18. The maximum atomic E-state index is 12.1. The number of ether oxygens (including phenoxy) is 1. The zero-order chi connectivity index (χ0) is 11.6. The van der Waals surface area contributed by atoms with Crippen LogP contribution in [0.5, 0.6) is 0 Å². The second-order valence-corrected chi connectivity index (χ2v) is 5.31. The normalized spacial score (nSPS) is 18.8. The van der Waals surface area contributed by atoms with E-state index in [0.29, 0.717) is 32.1 Å². The SMILES string of the molecule is NCc1ccc(S(=O)(=O)N2CCOCC2)o1. The summed E-state index contributed by atoms with van der Waals surface area (Å²) in [6.07, 6.45) is 0. The topological polar surface area (TPSA) is 85.8 Å². The van der Waals surface area contributed by atoms with Gasteiger partial charge in [0.25, 0.3) is 10.0 Å². The lowest BCUT2D eigenvalue weighted by Gasteiger charge is -2.24. The molecule has 0 radical (unpaired) electrons. The van der Waals surface area contributed by atoms with Crippen LogP contribution in [-0.4, -0.2) is 39.0 Å². The third kappa shape index (κ3) is 2.12. The predicted molar refractivity (Wildman–Crippen MR) is 56.2 cm³/mol. The van der Waals surface area contributed by atoms with E-state index >= 15 is 0 Å². The van der Waals surface area contributed by atoms with Gasteiger partial charge in [-0.3, -0.25) is 0 Å². The van der Waals surface area contributed by atoms with E-state index in [9.17, 15) is 8.42 Å². The van der Waals surface area contributed by atoms with E-state index in [1.165, 1.54) is 10.4 Å². The van der Waals surface area contributed by atoms with Crippen molar-refractivity contribution in [1.82, 2.24) is 4.31 Å². The number of hydrogen-bond donors (Lipinski definition) is 1. The van der Waals surface area contributed by atoms with Crippen molar-refractivity contribution in [3.05, 3.63) is 17.9 Å². The minimum atomic E-state index is -3.52. The molecule has 1 saturated heterocycles. The highest BCUT2D eigenvalue weighted by Crippen LogP contribution is 2.19.